The highest BCUT2D eigenvalue weighted by Gasteiger charge is 2.19. The van der Waals surface area contributed by atoms with Crippen LogP contribution >= 0.6 is 23.2 Å². The summed E-state index contributed by atoms with van der Waals surface area (Å²) in [6.45, 7) is 6.84. The van der Waals surface area contributed by atoms with E-state index < -0.39 is 0 Å². The van der Waals surface area contributed by atoms with Gasteiger partial charge in [0, 0.05) is 10.0 Å². The summed E-state index contributed by atoms with van der Waals surface area (Å²) in [6.07, 6.45) is 0. The number of hydrogen-bond donors (Lipinski definition) is 1. The highest BCUT2D eigenvalue weighted by molar-refractivity contribution is 6.32. The molecule has 0 aromatic heterocycles. The second-order valence-electron chi connectivity index (χ2n) is 5.11. The van der Waals surface area contributed by atoms with E-state index in [4.69, 9.17) is 23.2 Å². The molecule has 1 unspecified atom stereocenters. The van der Waals surface area contributed by atoms with E-state index in [0.717, 1.165) is 28.8 Å². The van der Waals surface area contributed by atoms with Crippen LogP contribution in [0.25, 0.3) is 0 Å². The third-order valence-electron chi connectivity index (χ3n) is 3.61. The van der Waals surface area contributed by atoms with E-state index in [2.05, 4.69) is 11.4 Å². The predicted octanol–water partition coefficient (Wildman–Crippen LogP) is 5.45. The smallest absolute Gasteiger partial charge is 0.124 e. The molecule has 0 aliphatic heterocycles. The number of halogens is 3. The monoisotopic (exact) mass is 325 g/mol. The topological polar surface area (TPSA) is 12.0 Å². The number of aryl methyl sites for hydroxylation is 2. The van der Waals surface area contributed by atoms with Crippen LogP contribution in [0.4, 0.5) is 4.39 Å². The molecule has 1 atom stereocenters. The maximum atomic E-state index is 13.3. The summed E-state index contributed by atoms with van der Waals surface area (Å²) in [4.78, 5) is 0. The van der Waals surface area contributed by atoms with Crippen LogP contribution in [-0.2, 0) is 0 Å². The Bertz CT molecular complexity index is 655. The number of rotatable bonds is 4. The molecule has 0 aliphatic carbocycles. The first kappa shape index (κ1) is 16.3. The first-order valence-corrected chi connectivity index (χ1v) is 7.64. The minimum Gasteiger partial charge on any atom is -0.306 e. The second kappa shape index (κ2) is 6.78. The zero-order valence-corrected chi connectivity index (χ0v) is 13.8. The van der Waals surface area contributed by atoms with Crippen molar-refractivity contribution in [1.29, 1.82) is 0 Å². The van der Waals surface area contributed by atoms with Crippen molar-refractivity contribution in [2.24, 2.45) is 0 Å². The summed E-state index contributed by atoms with van der Waals surface area (Å²) < 4.78 is 13.3. The minimum atomic E-state index is -0.342. The molecule has 1 nitrogen and oxygen atoms in total. The molecule has 112 valence electrons. The molecule has 2 aromatic rings. The molecule has 0 saturated heterocycles. The molecule has 0 bridgehead atoms. The van der Waals surface area contributed by atoms with E-state index in [1.54, 1.807) is 6.07 Å². The van der Waals surface area contributed by atoms with Crippen LogP contribution in [0, 0.1) is 19.7 Å². The standard InChI is InChI=1S/C17H18Cl2FN/c1-4-21-17(13-6-5-12(20)9-16(13)19)14-7-10(2)11(3)8-15(14)18/h5-9,17,21H,4H2,1-3H3. The van der Waals surface area contributed by atoms with Gasteiger partial charge in [-0.05, 0) is 60.8 Å². The van der Waals surface area contributed by atoms with Gasteiger partial charge in [-0.3, -0.25) is 0 Å². The lowest BCUT2D eigenvalue weighted by Crippen LogP contribution is -2.23. The summed E-state index contributed by atoms with van der Waals surface area (Å²) in [7, 11) is 0. The fourth-order valence-corrected chi connectivity index (χ4v) is 2.96. The summed E-state index contributed by atoms with van der Waals surface area (Å²) in [6, 6.07) is 8.31. The lowest BCUT2D eigenvalue weighted by atomic mass is 9.95. The van der Waals surface area contributed by atoms with Gasteiger partial charge in [0.15, 0.2) is 0 Å². The molecule has 0 spiro atoms. The quantitative estimate of drug-likeness (QED) is 0.788. The second-order valence-corrected chi connectivity index (χ2v) is 5.93. The van der Waals surface area contributed by atoms with E-state index in [1.807, 2.05) is 26.8 Å². The van der Waals surface area contributed by atoms with Gasteiger partial charge in [0.2, 0.25) is 0 Å². The van der Waals surface area contributed by atoms with E-state index in [9.17, 15) is 4.39 Å². The molecular weight excluding hydrogens is 308 g/mol. The molecule has 21 heavy (non-hydrogen) atoms. The third-order valence-corrected chi connectivity index (χ3v) is 4.26. The third kappa shape index (κ3) is 3.57. The molecule has 2 rings (SSSR count). The summed E-state index contributed by atoms with van der Waals surface area (Å²) in [5.74, 6) is -0.342. The predicted molar refractivity (Wildman–Crippen MR) is 87.9 cm³/mol. The van der Waals surface area contributed by atoms with Crippen molar-refractivity contribution in [2.75, 3.05) is 6.54 Å². The molecule has 0 fully saturated rings. The lowest BCUT2D eigenvalue weighted by Gasteiger charge is -2.22. The van der Waals surface area contributed by atoms with Crippen molar-refractivity contribution < 1.29 is 4.39 Å². The molecule has 4 heteroatoms. The molecule has 0 amide bonds. The van der Waals surface area contributed by atoms with Crippen molar-refractivity contribution in [3.63, 3.8) is 0 Å². The maximum Gasteiger partial charge on any atom is 0.124 e. The van der Waals surface area contributed by atoms with Crippen LogP contribution in [0.1, 0.15) is 35.2 Å². The van der Waals surface area contributed by atoms with Crippen molar-refractivity contribution in [3.8, 4) is 0 Å². The first-order chi connectivity index (χ1) is 9.93. The lowest BCUT2D eigenvalue weighted by molar-refractivity contribution is 0.613. The average Bonchev–Trinajstić information content (AvgIpc) is 2.41. The Morgan fingerprint density at radius 2 is 1.62 bits per heavy atom. The van der Waals surface area contributed by atoms with Crippen molar-refractivity contribution in [3.05, 3.63) is 68.4 Å². The maximum absolute atomic E-state index is 13.3. The Morgan fingerprint density at radius 3 is 2.24 bits per heavy atom. The van der Waals surface area contributed by atoms with Crippen LogP contribution in [-0.4, -0.2) is 6.54 Å². The normalized spacial score (nSPS) is 12.5. The first-order valence-electron chi connectivity index (χ1n) is 6.89. The fourth-order valence-electron chi connectivity index (χ4n) is 2.35. The Labute approximate surface area is 135 Å². The fraction of sp³-hybridized carbons (Fsp3) is 0.294. The van der Waals surface area contributed by atoms with Crippen LogP contribution in [0.2, 0.25) is 10.0 Å². The highest BCUT2D eigenvalue weighted by Crippen LogP contribution is 2.34. The van der Waals surface area contributed by atoms with Crippen molar-refractivity contribution in [2.45, 2.75) is 26.8 Å². The number of benzene rings is 2. The SMILES string of the molecule is CCNC(c1ccc(F)cc1Cl)c1cc(C)c(C)cc1Cl. The summed E-state index contributed by atoms with van der Waals surface area (Å²) >= 11 is 12.6. The Hall–Kier alpha value is -1.09. The van der Waals surface area contributed by atoms with Gasteiger partial charge < -0.3 is 5.32 Å². The van der Waals surface area contributed by atoms with Crippen LogP contribution < -0.4 is 5.32 Å². The van der Waals surface area contributed by atoms with Gasteiger partial charge in [-0.1, -0.05) is 42.3 Å². The molecule has 2 aromatic carbocycles. The van der Waals surface area contributed by atoms with Crippen molar-refractivity contribution >= 4 is 23.2 Å². The summed E-state index contributed by atoms with van der Waals surface area (Å²) in [5.41, 5.74) is 4.08. The molecule has 0 heterocycles. The molecular formula is C17H18Cl2FN. The molecule has 0 aliphatic rings. The van der Waals surface area contributed by atoms with Gasteiger partial charge in [-0.2, -0.15) is 0 Å². The Balaban J connectivity index is 2.55. The van der Waals surface area contributed by atoms with Gasteiger partial charge in [0.25, 0.3) is 0 Å². The van der Waals surface area contributed by atoms with E-state index in [-0.39, 0.29) is 11.9 Å². The summed E-state index contributed by atoms with van der Waals surface area (Å²) in [5, 5.41) is 4.45. The van der Waals surface area contributed by atoms with Gasteiger partial charge in [-0.15, -0.1) is 0 Å². The minimum absolute atomic E-state index is 0.158. The van der Waals surface area contributed by atoms with E-state index in [0.29, 0.717) is 10.0 Å². The van der Waals surface area contributed by atoms with Crippen LogP contribution in [0.3, 0.4) is 0 Å². The van der Waals surface area contributed by atoms with Gasteiger partial charge in [-0.25, -0.2) is 4.39 Å². The van der Waals surface area contributed by atoms with Gasteiger partial charge in [0.1, 0.15) is 5.82 Å². The molecule has 1 N–H and O–H groups in total. The van der Waals surface area contributed by atoms with Crippen molar-refractivity contribution in [1.82, 2.24) is 5.32 Å². The zero-order valence-electron chi connectivity index (χ0n) is 12.3. The number of nitrogens with one attached hydrogen (secondary N) is 1. The average molecular weight is 326 g/mol. The van der Waals surface area contributed by atoms with E-state index >= 15 is 0 Å². The Kier molecular flexibility index (Phi) is 5.26. The van der Waals surface area contributed by atoms with E-state index in [1.165, 1.54) is 12.1 Å². The largest absolute Gasteiger partial charge is 0.306 e. The Morgan fingerprint density at radius 1 is 1.00 bits per heavy atom. The molecule has 0 saturated carbocycles. The zero-order chi connectivity index (χ0) is 15.6. The van der Waals surface area contributed by atoms with Gasteiger partial charge >= 0.3 is 0 Å². The van der Waals surface area contributed by atoms with Gasteiger partial charge in [0.05, 0.1) is 6.04 Å². The molecule has 0 radical (unpaired) electrons. The van der Waals surface area contributed by atoms with Crippen LogP contribution in [0.15, 0.2) is 30.3 Å². The van der Waals surface area contributed by atoms with Crippen LogP contribution in [0.5, 0.6) is 0 Å². The highest BCUT2D eigenvalue weighted by atomic mass is 35.5. The number of hydrogen-bond acceptors (Lipinski definition) is 1.